The van der Waals surface area contributed by atoms with E-state index >= 15 is 0 Å². The minimum absolute atomic E-state index is 0.253. The van der Waals surface area contributed by atoms with Gasteiger partial charge in [0.1, 0.15) is 5.82 Å². The zero-order chi connectivity index (χ0) is 12.1. The number of hydrogen-bond donors (Lipinski definition) is 1. The zero-order valence-electron chi connectivity index (χ0n) is 9.43. The summed E-state index contributed by atoms with van der Waals surface area (Å²) < 4.78 is 17.5. The summed E-state index contributed by atoms with van der Waals surface area (Å²) in [6.07, 6.45) is 3.77. The SMILES string of the molecule is CCCNC(c1csnn1)c1ccncc1F. The van der Waals surface area contributed by atoms with E-state index in [0.717, 1.165) is 18.7 Å². The van der Waals surface area contributed by atoms with Gasteiger partial charge in [-0.25, -0.2) is 4.39 Å². The van der Waals surface area contributed by atoms with Crippen LogP contribution in [0.3, 0.4) is 0 Å². The van der Waals surface area contributed by atoms with Gasteiger partial charge in [-0.3, -0.25) is 4.98 Å². The number of pyridine rings is 1. The fraction of sp³-hybridized carbons (Fsp3) is 0.364. The van der Waals surface area contributed by atoms with E-state index in [1.807, 2.05) is 5.38 Å². The van der Waals surface area contributed by atoms with Crippen LogP contribution in [-0.4, -0.2) is 21.1 Å². The van der Waals surface area contributed by atoms with Gasteiger partial charge in [0.05, 0.1) is 17.9 Å². The Morgan fingerprint density at radius 2 is 2.41 bits per heavy atom. The van der Waals surface area contributed by atoms with E-state index in [2.05, 4.69) is 26.8 Å². The van der Waals surface area contributed by atoms with Gasteiger partial charge in [0.25, 0.3) is 0 Å². The first-order valence-corrected chi connectivity index (χ1v) is 6.26. The Morgan fingerprint density at radius 3 is 3.06 bits per heavy atom. The summed E-state index contributed by atoms with van der Waals surface area (Å²) in [5.74, 6) is -0.325. The Balaban J connectivity index is 2.30. The molecule has 0 aliphatic heterocycles. The Kier molecular flexibility index (Phi) is 4.11. The largest absolute Gasteiger partial charge is 0.305 e. The lowest BCUT2D eigenvalue weighted by atomic mass is 10.1. The van der Waals surface area contributed by atoms with Crippen LogP contribution in [0.5, 0.6) is 0 Å². The molecule has 0 spiro atoms. The average molecular weight is 252 g/mol. The van der Waals surface area contributed by atoms with Gasteiger partial charge in [0, 0.05) is 17.1 Å². The minimum Gasteiger partial charge on any atom is -0.305 e. The molecular formula is C11H13FN4S. The maximum absolute atomic E-state index is 13.7. The zero-order valence-corrected chi connectivity index (χ0v) is 10.2. The van der Waals surface area contributed by atoms with Gasteiger partial charge in [-0.15, -0.1) is 5.10 Å². The van der Waals surface area contributed by atoms with Crippen molar-refractivity contribution < 1.29 is 4.39 Å². The molecule has 0 aliphatic rings. The van der Waals surface area contributed by atoms with Crippen LogP contribution in [0, 0.1) is 5.82 Å². The third-order valence-electron chi connectivity index (χ3n) is 2.39. The van der Waals surface area contributed by atoms with Gasteiger partial charge in [0.2, 0.25) is 0 Å². The summed E-state index contributed by atoms with van der Waals surface area (Å²) in [7, 11) is 0. The highest BCUT2D eigenvalue weighted by atomic mass is 32.1. The second-order valence-electron chi connectivity index (χ2n) is 3.61. The molecule has 0 aliphatic carbocycles. The Hall–Kier alpha value is -1.40. The average Bonchev–Trinajstić information content (AvgIpc) is 2.85. The molecule has 0 bridgehead atoms. The highest BCUT2D eigenvalue weighted by molar-refractivity contribution is 7.03. The van der Waals surface area contributed by atoms with Gasteiger partial charge in [-0.05, 0) is 30.6 Å². The fourth-order valence-electron chi connectivity index (χ4n) is 1.58. The van der Waals surface area contributed by atoms with Crippen molar-refractivity contribution in [2.75, 3.05) is 6.54 Å². The molecule has 0 amide bonds. The van der Waals surface area contributed by atoms with E-state index in [-0.39, 0.29) is 11.9 Å². The molecule has 17 heavy (non-hydrogen) atoms. The van der Waals surface area contributed by atoms with Gasteiger partial charge in [0.15, 0.2) is 0 Å². The molecule has 1 N–H and O–H groups in total. The Morgan fingerprint density at radius 1 is 1.53 bits per heavy atom. The number of halogens is 1. The molecule has 0 fully saturated rings. The maximum Gasteiger partial charge on any atom is 0.146 e. The van der Waals surface area contributed by atoms with E-state index < -0.39 is 0 Å². The second-order valence-corrected chi connectivity index (χ2v) is 4.22. The lowest BCUT2D eigenvalue weighted by Gasteiger charge is -2.16. The molecule has 6 heteroatoms. The number of nitrogens with zero attached hydrogens (tertiary/aromatic N) is 3. The number of rotatable bonds is 5. The van der Waals surface area contributed by atoms with E-state index in [4.69, 9.17) is 0 Å². The molecule has 0 radical (unpaired) electrons. The summed E-state index contributed by atoms with van der Waals surface area (Å²) in [4.78, 5) is 3.75. The summed E-state index contributed by atoms with van der Waals surface area (Å²) in [5.41, 5.74) is 1.30. The van der Waals surface area contributed by atoms with Crippen molar-refractivity contribution in [2.24, 2.45) is 0 Å². The number of aromatic nitrogens is 3. The predicted molar refractivity (Wildman–Crippen MR) is 64.2 cm³/mol. The molecule has 0 aromatic carbocycles. The van der Waals surface area contributed by atoms with Crippen molar-refractivity contribution in [1.29, 1.82) is 0 Å². The van der Waals surface area contributed by atoms with Crippen molar-refractivity contribution in [3.63, 3.8) is 0 Å². The molecule has 2 aromatic heterocycles. The first kappa shape index (κ1) is 12.1. The predicted octanol–water partition coefficient (Wildman–Crippen LogP) is 2.16. The standard InChI is InChI=1S/C11H13FN4S/c1-2-4-14-11(10-7-17-16-15-10)8-3-5-13-6-9(8)12/h3,5-7,11,14H,2,4H2,1H3. The van der Waals surface area contributed by atoms with Crippen molar-refractivity contribution in [3.8, 4) is 0 Å². The first-order valence-electron chi connectivity index (χ1n) is 5.42. The fourth-order valence-corrected chi connectivity index (χ4v) is 2.06. The monoisotopic (exact) mass is 252 g/mol. The van der Waals surface area contributed by atoms with Crippen LogP contribution >= 0.6 is 11.5 Å². The smallest absolute Gasteiger partial charge is 0.146 e. The van der Waals surface area contributed by atoms with E-state index in [1.165, 1.54) is 17.7 Å². The number of hydrogen-bond acceptors (Lipinski definition) is 5. The molecule has 0 saturated heterocycles. The van der Waals surface area contributed by atoms with Crippen molar-refractivity contribution in [1.82, 2.24) is 19.9 Å². The summed E-state index contributed by atoms with van der Waals surface area (Å²) >= 11 is 1.26. The van der Waals surface area contributed by atoms with Crippen LogP contribution in [-0.2, 0) is 0 Å². The second kappa shape index (κ2) is 5.79. The van der Waals surface area contributed by atoms with Crippen LogP contribution in [0.4, 0.5) is 4.39 Å². The van der Waals surface area contributed by atoms with Crippen LogP contribution in [0.1, 0.15) is 30.6 Å². The third-order valence-corrected chi connectivity index (χ3v) is 2.91. The van der Waals surface area contributed by atoms with Crippen LogP contribution in [0.25, 0.3) is 0 Å². The van der Waals surface area contributed by atoms with Gasteiger partial charge in [-0.2, -0.15) is 0 Å². The quantitative estimate of drug-likeness (QED) is 0.886. The van der Waals surface area contributed by atoms with Crippen molar-refractivity contribution >= 4 is 11.5 Å². The summed E-state index contributed by atoms with van der Waals surface area (Å²) in [6, 6.07) is 1.42. The maximum atomic E-state index is 13.7. The van der Waals surface area contributed by atoms with E-state index in [0.29, 0.717) is 5.56 Å². The highest BCUT2D eigenvalue weighted by Gasteiger charge is 2.19. The van der Waals surface area contributed by atoms with Crippen molar-refractivity contribution in [3.05, 3.63) is 40.9 Å². The molecule has 0 saturated carbocycles. The topological polar surface area (TPSA) is 50.7 Å². The lowest BCUT2D eigenvalue weighted by molar-refractivity contribution is 0.535. The van der Waals surface area contributed by atoms with Gasteiger partial charge < -0.3 is 5.32 Å². The van der Waals surface area contributed by atoms with Crippen LogP contribution in [0.15, 0.2) is 23.8 Å². The number of nitrogens with one attached hydrogen (secondary N) is 1. The Labute approximate surface area is 103 Å². The molecule has 1 unspecified atom stereocenters. The molecular weight excluding hydrogens is 239 g/mol. The molecule has 2 rings (SSSR count). The molecule has 2 heterocycles. The van der Waals surface area contributed by atoms with Crippen molar-refractivity contribution in [2.45, 2.75) is 19.4 Å². The molecule has 1 atom stereocenters. The van der Waals surface area contributed by atoms with Crippen LogP contribution < -0.4 is 5.32 Å². The summed E-state index contributed by atoms with van der Waals surface area (Å²) in [6.45, 7) is 2.86. The molecule has 4 nitrogen and oxygen atoms in total. The highest BCUT2D eigenvalue weighted by Crippen LogP contribution is 2.22. The van der Waals surface area contributed by atoms with Gasteiger partial charge >= 0.3 is 0 Å². The molecule has 90 valence electrons. The third kappa shape index (κ3) is 2.83. The summed E-state index contributed by atoms with van der Waals surface area (Å²) in [5, 5.41) is 9.10. The van der Waals surface area contributed by atoms with Crippen LogP contribution in [0.2, 0.25) is 0 Å². The lowest BCUT2D eigenvalue weighted by Crippen LogP contribution is -2.24. The first-order chi connectivity index (χ1) is 8.33. The minimum atomic E-state index is -0.325. The normalized spacial score (nSPS) is 12.6. The molecule has 2 aromatic rings. The van der Waals surface area contributed by atoms with Gasteiger partial charge in [-0.1, -0.05) is 11.4 Å². The van der Waals surface area contributed by atoms with E-state index in [9.17, 15) is 4.39 Å². The Bertz CT molecular complexity index is 460. The van der Waals surface area contributed by atoms with E-state index in [1.54, 1.807) is 12.3 Å².